The molecule has 0 spiro atoms. The van der Waals surface area contributed by atoms with Crippen LogP contribution < -0.4 is 28.4 Å². The van der Waals surface area contributed by atoms with E-state index >= 15 is 4.39 Å². The fourth-order valence-electron chi connectivity index (χ4n) is 3.36. The van der Waals surface area contributed by atoms with Gasteiger partial charge in [-0.15, -0.1) is 0 Å². The van der Waals surface area contributed by atoms with Crippen LogP contribution in [0.5, 0.6) is 28.7 Å². The standard InChI is InChI=1S/C25H25F2NO7S/c1-31-19-11-9-17(14-18(19)26)36(29,30)28-24-16(8-10-20(32-2)23(24)27)7-6-15-12-21(33-3)25(35-5)22(13-15)34-4/h6-14,28H,1-5H3. The van der Waals surface area contributed by atoms with E-state index in [1.165, 1.54) is 53.8 Å². The van der Waals surface area contributed by atoms with Gasteiger partial charge >= 0.3 is 0 Å². The number of methoxy groups -OCH3 is 5. The Morgan fingerprint density at radius 2 is 1.31 bits per heavy atom. The van der Waals surface area contributed by atoms with Crippen molar-refractivity contribution in [2.45, 2.75) is 4.90 Å². The zero-order valence-corrected chi connectivity index (χ0v) is 21.0. The lowest BCUT2D eigenvalue weighted by molar-refractivity contribution is 0.324. The summed E-state index contributed by atoms with van der Waals surface area (Å²) in [5, 5.41) is 0. The van der Waals surface area contributed by atoms with Crippen molar-refractivity contribution in [2.24, 2.45) is 0 Å². The largest absolute Gasteiger partial charge is 0.494 e. The first-order valence-corrected chi connectivity index (χ1v) is 11.9. The lowest BCUT2D eigenvalue weighted by Crippen LogP contribution is -2.15. The summed E-state index contributed by atoms with van der Waals surface area (Å²) < 4.78 is 83.3. The molecule has 0 saturated carbocycles. The molecular weight excluding hydrogens is 496 g/mol. The number of halogens is 2. The van der Waals surface area contributed by atoms with Crippen LogP contribution in [0.3, 0.4) is 0 Å². The van der Waals surface area contributed by atoms with Gasteiger partial charge in [0.1, 0.15) is 0 Å². The number of ether oxygens (including phenoxy) is 5. The predicted octanol–water partition coefficient (Wildman–Crippen LogP) is 4.98. The van der Waals surface area contributed by atoms with Gasteiger partial charge < -0.3 is 23.7 Å². The Labute approximate surface area is 208 Å². The van der Waals surface area contributed by atoms with Crippen molar-refractivity contribution >= 4 is 27.9 Å². The van der Waals surface area contributed by atoms with E-state index in [0.717, 1.165) is 18.2 Å². The second-order valence-corrected chi connectivity index (χ2v) is 8.92. The lowest BCUT2D eigenvalue weighted by Gasteiger charge is -2.15. The molecule has 36 heavy (non-hydrogen) atoms. The highest BCUT2D eigenvalue weighted by atomic mass is 32.2. The summed E-state index contributed by atoms with van der Waals surface area (Å²) in [7, 11) is 2.55. The highest BCUT2D eigenvalue weighted by molar-refractivity contribution is 7.92. The number of rotatable bonds is 10. The van der Waals surface area contributed by atoms with E-state index in [4.69, 9.17) is 23.7 Å². The molecule has 3 rings (SSSR count). The molecule has 0 fully saturated rings. The van der Waals surface area contributed by atoms with E-state index in [-0.39, 0.29) is 22.7 Å². The molecule has 0 aromatic heterocycles. The summed E-state index contributed by atoms with van der Waals surface area (Å²) in [6.45, 7) is 0. The van der Waals surface area contributed by atoms with Crippen LogP contribution in [0.25, 0.3) is 12.2 Å². The van der Waals surface area contributed by atoms with Gasteiger partial charge in [-0.05, 0) is 48.0 Å². The van der Waals surface area contributed by atoms with Crippen LogP contribution in [0.1, 0.15) is 11.1 Å². The van der Waals surface area contributed by atoms with Crippen LogP contribution in [-0.4, -0.2) is 44.0 Å². The molecular formula is C25H25F2NO7S. The number of nitrogens with one attached hydrogen (secondary N) is 1. The minimum absolute atomic E-state index is 0.129. The van der Waals surface area contributed by atoms with Gasteiger partial charge in [0.05, 0.1) is 46.1 Å². The summed E-state index contributed by atoms with van der Waals surface area (Å²) in [6.07, 6.45) is 3.10. The summed E-state index contributed by atoms with van der Waals surface area (Å²) >= 11 is 0. The quantitative estimate of drug-likeness (QED) is 0.376. The number of hydrogen-bond donors (Lipinski definition) is 1. The minimum atomic E-state index is -4.38. The van der Waals surface area contributed by atoms with E-state index in [1.54, 1.807) is 18.2 Å². The zero-order chi connectivity index (χ0) is 26.5. The first kappa shape index (κ1) is 26.6. The van der Waals surface area contributed by atoms with Crippen molar-refractivity contribution in [3.63, 3.8) is 0 Å². The maximum atomic E-state index is 15.2. The Bertz CT molecular complexity index is 1370. The van der Waals surface area contributed by atoms with E-state index in [9.17, 15) is 12.8 Å². The first-order valence-electron chi connectivity index (χ1n) is 10.4. The van der Waals surface area contributed by atoms with Crippen molar-refractivity contribution in [3.8, 4) is 28.7 Å². The Balaban J connectivity index is 2.06. The van der Waals surface area contributed by atoms with Gasteiger partial charge in [-0.1, -0.05) is 12.2 Å². The lowest BCUT2D eigenvalue weighted by atomic mass is 10.1. The highest BCUT2D eigenvalue weighted by Gasteiger charge is 2.22. The zero-order valence-electron chi connectivity index (χ0n) is 20.2. The number of hydrogen-bond acceptors (Lipinski definition) is 7. The van der Waals surface area contributed by atoms with E-state index in [0.29, 0.717) is 22.8 Å². The third kappa shape index (κ3) is 5.46. The van der Waals surface area contributed by atoms with Gasteiger partial charge in [-0.2, -0.15) is 0 Å². The summed E-state index contributed by atoms with van der Waals surface area (Å²) in [6, 6.07) is 9.26. The van der Waals surface area contributed by atoms with Crippen LogP contribution in [-0.2, 0) is 10.0 Å². The molecule has 3 aromatic carbocycles. The van der Waals surface area contributed by atoms with Gasteiger partial charge in [0, 0.05) is 5.56 Å². The molecule has 8 nitrogen and oxygen atoms in total. The van der Waals surface area contributed by atoms with Gasteiger partial charge in [0.15, 0.2) is 34.6 Å². The van der Waals surface area contributed by atoms with E-state index in [1.807, 2.05) is 0 Å². The van der Waals surface area contributed by atoms with Crippen molar-refractivity contribution in [1.29, 1.82) is 0 Å². The normalized spacial score (nSPS) is 11.3. The second-order valence-electron chi connectivity index (χ2n) is 7.24. The van der Waals surface area contributed by atoms with Crippen LogP contribution >= 0.6 is 0 Å². The Hall–Kier alpha value is -3.99. The van der Waals surface area contributed by atoms with Crippen LogP contribution in [0.15, 0.2) is 47.4 Å². The molecule has 11 heteroatoms. The molecule has 0 aliphatic carbocycles. The predicted molar refractivity (Wildman–Crippen MR) is 132 cm³/mol. The maximum absolute atomic E-state index is 15.2. The minimum Gasteiger partial charge on any atom is -0.494 e. The fourth-order valence-corrected chi connectivity index (χ4v) is 4.46. The average molecular weight is 522 g/mol. The van der Waals surface area contributed by atoms with Gasteiger partial charge in [-0.25, -0.2) is 17.2 Å². The topological polar surface area (TPSA) is 92.3 Å². The van der Waals surface area contributed by atoms with Crippen LogP contribution in [0.4, 0.5) is 14.5 Å². The van der Waals surface area contributed by atoms with Crippen molar-refractivity contribution in [1.82, 2.24) is 0 Å². The summed E-state index contributed by atoms with van der Waals surface area (Å²) in [5.74, 6) is -0.933. The molecule has 192 valence electrons. The Kier molecular flexibility index (Phi) is 8.25. The third-order valence-corrected chi connectivity index (χ3v) is 6.52. The van der Waals surface area contributed by atoms with Crippen LogP contribution in [0, 0.1) is 11.6 Å². The maximum Gasteiger partial charge on any atom is 0.262 e. The molecule has 0 heterocycles. The molecule has 0 unspecified atom stereocenters. The van der Waals surface area contributed by atoms with Crippen molar-refractivity contribution in [3.05, 3.63) is 65.2 Å². The third-order valence-electron chi connectivity index (χ3n) is 5.17. The van der Waals surface area contributed by atoms with E-state index in [2.05, 4.69) is 4.72 Å². The first-order chi connectivity index (χ1) is 17.2. The fraction of sp³-hybridized carbons (Fsp3) is 0.200. The van der Waals surface area contributed by atoms with E-state index < -0.39 is 26.6 Å². The Morgan fingerprint density at radius 3 is 1.83 bits per heavy atom. The molecule has 1 N–H and O–H groups in total. The average Bonchev–Trinajstić information content (AvgIpc) is 2.88. The van der Waals surface area contributed by atoms with Gasteiger partial charge in [0.25, 0.3) is 10.0 Å². The smallest absolute Gasteiger partial charge is 0.262 e. The summed E-state index contributed by atoms with van der Waals surface area (Å²) in [4.78, 5) is -0.414. The molecule has 0 aliphatic rings. The molecule has 3 aromatic rings. The highest BCUT2D eigenvalue weighted by Crippen LogP contribution is 2.39. The van der Waals surface area contributed by atoms with Gasteiger partial charge in [0.2, 0.25) is 5.75 Å². The van der Waals surface area contributed by atoms with Crippen LogP contribution in [0.2, 0.25) is 0 Å². The van der Waals surface area contributed by atoms with Gasteiger partial charge in [-0.3, -0.25) is 4.72 Å². The number of anilines is 1. The molecule has 0 bridgehead atoms. The second kappa shape index (κ2) is 11.2. The van der Waals surface area contributed by atoms with Crippen molar-refractivity contribution in [2.75, 3.05) is 40.3 Å². The molecule has 0 radical (unpaired) electrons. The summed E-state index contributed by atoms with van der Waals surface area (Å²) in [5.41, 5.74) is 0.403. The molecule has 0 saturated heterocycles. The number of benzene rings is 3. The SMILES string of the molecule is COc1ccc(S(=O)(=O)Nc2c(C=Cc3cc(OC)c(OC)c(OC)c3)ccc(OC)c2F)cc1F. The molecule has 0 aliphatic heterocycles. The number of sulfonamides is 1. The molecule has 0 atom stereocenters. The Morgan fingerprint density at radius 1 is 0.722 bits per heavy atom. The monoisotopic (exact) mass is 521 g/mol. The van der Waals surface area contributed by atoms with Crippen molar-refractivity contribution < 1.29 is 40.9 Å². The molecule has 0 amide bonds.